The molecular formula is C14H9IN2O3S. The standard InChI is InChI=1S/C14H9IN2O3S/c15-10-4-1-3-9(7-10)14(18)19-8-12-16-13(20-17-12)11-5-2-6-21-11/h1-7H,8H2. The van der Waals surface area contributed by atoms with Gasteiger partial charge in [0.1, 0.15) is 0 Å². The van der Waals surface area contributed by atoms with Crippen molar-refractivity contribution in [2.45, 2.75) is 6.61 Å². The molecule has 2 aromatic heterocycles. The molecule has 0 aliphatic heterocycles. The lowest BCUT2D eigenvalue weighted by atomic mass is 10.2. The lowest BCUT2D eigenvalue weighted by molar-refractivity contribution is 0.0459. The second-order valence-electron chi connectivity index (χ2n) is 4.08. The minimum absolute atomic E-state index is 0.0147. The van der Waals surface area contributed by atoms with Gasteiger partial charge in [-0.25, -0.2) is 4.79 Å². The van der Waals surface area contributed by atoms with Crippen LogP contribution in [-0.2, 0) is 11.3 Å². The highest BCUT2D eigenvalue weighted by Crippen LogP contribution is 2.22. The molecule has 5 nitrogen and oxygen atoms in total. The third-order valence-corrected chi connectivity index (χ3v) is 4.12. The Bertz CT molecular complexity index is 755. The molecule has 0 unspecified atom stereocenters. The van der Waals surface area contributed by atoms with E-state index >= 15 is 0 Å². The fraction of sp³-hybridized carbons (Fsp3) is 0.0714. The first-order chi connectivity index (χ1) is 10.2. The maximum absolute atomic E-state index is 11.9. The van der Waals surface area contributed by atoms with Gasteiger partial charge in [0.05, 0.1) is 10.4 Å². The fourth-order valence-corrected chi connectivity index (χ4v) is 2.83. The number of thiophene rings is 1. The minimum Gasteiger partial charge on any atom is -0.454 e. The summed E-state index contributed by atoms with van der Waals surface area (Å²) in [5, 5.41) is 5.72. The Balaban J connectivity index is 1.64. The van der Waals surface area contributed by atoms with Crippen molar-refractivity contribution in [2.75, 3.05) is 0 Å². The molecule has 0 N–H and O–H groups in total. The predicted octanol–water partition coefficient (Wildman–Crippen LogP) is 3.76. The van der Waals surface area contributed by atoms with Gasteiger partial charge in [-0.15, -0.1) is 11.3 Å². The van der Waals surface area contributed by atoms with E-state index in [1.165, 1.54) is 11.3 Å². The Kier molecular flexibility index (Phi) is 4.30. The molecule has 2 heterocycles. The molecule has 0 aliphatic rings. The molecule has 3 rings (SSSR count). The molecule has 0 aliphatic carbocycles. The largest absolute Gasteiger partial charge is 0.454 e. The van der Waals surface area contributed by atoms with Gasteiger partial charge in [0.15, 0.2) is 6.61 Å². The van der Waals surface area contributed by atoms with Crippen molar-refractivity contribution in [1.82, 2.24) is 10.1 Å². The first-order valence-electron chi connectivity index (χ1n) is 6.01. The zero-order chi connectivity index (χ0) is 14.7. The van der Waals surface area contributed by atoms with Gasteiger partial charge in [0.25, 0.3) is 5.89 Å². The van der Waals surface area contributed by atoms with Crippen molar-refractivity contribution in [3.8, 4) is 10.8 Å². The molecule has 3 aromatic rings. The van der Waals surface area contributed by atoms with Crippen molar-refractivity contribution in [3.05, 3.63) is 56.7 Å². The highest BCUT2D eigenvalue weighted by atomic mass is 127. The number of halogens is 1. The van der Waals surface area contributed by atoms with Crippen LogP contribution in [0.4, 0.5) is 0 Å². The van der Waals surface area contributed by atoms with Gasteiger partial charge >= 0.3 is 5.97 Å². The second-order valence-corrected chi connectivity index (χ2v) is 6.27. The summed E-state index contributed by atoms with van der Waals surface area (Å²) in [7, 11) is 0. The van der Waals surface area contributed by atoms with Crippen molar-refractivity contribution in [1.29, 1.82) is 0 Å². The molecule has 0 saturated heterocycles. The number of rotatable bonds is 4. The average Bonchev–Trinajstić information content (AvgIpc) is 3.15. The van der Waals surface area contributed by atoms with Gasteiger partial charge < -0.3 is 9.26 Å². The van der Waals surface area contributed by atoms with Crippen LogP contribution < -0.4 is 0 Å². The van der Waals surface area contributed by atoms with Crippen LogP contribution in [0.25, 0.3) is 10.8 Å². The van der Waals surface area contributed by atoms with Crippen LogP contribution in [0.2, 0.25) is 0 Å². The topological polar surface area (TPSA) is 65.2 Å². The number of nitrogens with zero attached hydrogens (tertiary/aromatic N) is 2. The Morgan fingerprint density at radius 2 is 2.24 bits per heavy atom. The van der Waals surface area contributed by atoms with Crippen molar-refractivity contribution < 1.29 is 14.1 Å². The molecule has 0 saturated carbocycles. The van der Waals surface area contributed by atoms with Gasteiger partial charge in [-0.3, -0.25) is 0 Å². The highest BCUT2D eigenvalue weighted by Gasteiger charge is 2.13. The summed E-state index contributed by atoms with van der Waals surface area (Å²) in [5.41, 5.74) is 0.504. The van der Waals surface area contributed by atoms with Crippen molar-refractivity contribution >= 4 is 39.9 Å². The van der Waals surface area contributed by atoms with Crippen LogP contribution in [0.5, 0.6) is 0 Å². The summed E-state index contributed by atoms with van der Waals surface area (Å²) < 4.78 is 11.3. The molecule has 0 amide bonds. The van der Waals surface area contributed by atoms with Crippen molar-refractivity contribution in [3.63, 3.8) is 0 Å². The maximum Gasteiger partial charge on any atom is 0.338 e. The van der Waals surface area contributed by atoms with E-state index in [1.807, 2.05) is 29.6 Å². The van der Waals surface area contributed by atoms with Crippen LogP contribution in [-0.4, -0.2) is 16.1 Å². The van der Waals surface area contributed by atoms with Gasteiger partial charge in [-0.1, -0.05) is 17.3 Å². The Hall–Kier alpha value is -1.74. The lowest BCUT2D eigenvalue weighted by Gasteiger charge is -2.02. The first kappa shape index (κ1) is 14.2. The Morgan fingerprint density at radius 3 is 3.00 bits per heavy atom. The quantitative estimate of drug-likeness (QED) is 0.483. The molecule has 21 heavy (non-hydrogen) atoms. The average molecular weight is 412 g/mol. The number of carbonyl (C=O) groups excluding carboxylic acids is 1. The third-order valence-electron chi connectivity index (χ3n) is 2.59. The molecule has 7 heteroatoms. The Labute approximate surface area is 138 Å². The smallest absolute Gasteiger partial charge is 0.338 e. The zero-order valence-electron chi connectivity index (χ0n) is 10.7. The normalized spacial score (nSPS) is 10.5. The number of hydrogen-bond donors (Lipinski definition) is 0. The first-order valence-corrected chi connectivity index (χ1v) is 7.97. The SMILES string of the molecule is O=C(OCc1noc(-c2cccs2)n1)c1cccc(I)c1. The molecule has 106 valence electrons. The van der Waals surface area contributed by atoms with Gasteiger partial charge in [0.2, 0.25) is 5.82 Å². The van der Waals surface area contributed by atoms with Crippen LogP contribution >= 0.6 is 33.9 Å². The molecule has 1 aromatic carbocycles. The molecule has 0 atom stereocenters. The molecular weight excluding hydrogens is 403 g/mol. The monoisotopic (exact) mass is 412 g/mol. The summed E-state index contributed by atoms with van der Waals surface area (Å²) in [6, 6.07) is 11.0. The summed E-state index contributed by atoms with van der Waals surface area (Å²) in [4.78, 5) is 17.0. The maximum atomic E-state index is 11.9. The van der Waals surface area contributed by atoms with Gasteiger partial charge in [0, 0.05) is 3.57 Å². The number of benzene rings is 1. The van der Waals surface area contributed by atoms with Crippen molar-refractivity contribution in [2.24, 2.45) is 0 Å². The van der Waals surface area contributed by atoms with E-state index in [4.69, 9.17) is 9.26 Å². The number of aromatic nitrogens is 2. The zero-order valence-corrected chi connectivity index (χ0v) is 13.6. The number of hydrogen-bond acceptors (Lipinski definition) is 6. The summed E-state index contributed by atoms with van der Waals surface area (Å²) >= 11 is 3.65. The van der Waals surface area contributed by atoms with E-state index < -0.39 is 5.97 Å². The third kappa shape index (κ3) is 3.48. The van der Waals surface area contributed by atoms with Gasteiger partial charge in [-0.05, 0) is 52.2 Å². The molecule has 0 bridgehead atoms. The van der Waals surface area contributed by atoms with E-state index in [0.717, 1.165) is 8.45 Å². The highest BCUT2D eigenvalue weighted by molar-refractivity contribution is 14.1. The van der Waals surface area contributed by atoms with E-state index in [0.29, 0.717) is 17.3 Å². The molecule has 0 fully saturated rings. The van der Waals surface area contributed by atoms with Crippen LogP contribution in [0.15, 0.2) is 46.3 Å². The van der Waals surface area contributed by atoms with Gasteiger partial charge in [-0.2, -0.15) is 4.98 Å². The van der Waals surface area contributed by atoms with E-state index in [9.17, 15) is 4.79 Å². The summed E-state index contributed by atoms with van der Waals surface area (Å²) in [6.45, 7) is -0.0147. The fourth-order valence-electron chi connectivity index (χ4n) is 1.64. The molecule has 0 spiro atoms. The number of carbonyl (C=O) groups is 1. The van der Waals surface area contributed by atoms with Crippen LogP contribution in [0.1, 0.15) is 16.2 Å². The number of esters is 1. The van der Waals surface area contributed by atoms with E-state index in [-0.39, 0.29) is 6.61 Å². The van der Waals surface area contributed by atoms with Crippen LogP contribution in [0.3, 0.4) is 0 Å². The number of ether oxygens (including phenoxy) is 1. The Morgan fingerprint density at radius 1 is 1.33 bits per heavy atom. The second kappa shape index (κ2) is 6.35. The van der Waals surface area contributed by atoms with E-state index in [2.05, 4.69) is 32.7 Å². The molecule has 0 radical (unpaired) electrons. The summed E-state index contributed by atoms with van der Waals surface area (Å²) in [5.74, 6) is 0.374. The summed E-state index contributed by atoms with van der Waals surface area (Å²) in [6.07, 6.45) is 0. The lowest BCUT2D eigenvalue weighted by Crippen LogP contribution is -2.06. The van der Waals surface area contributed by atoms with Crippen LogP contribution in [0, 0.1) is 3.57 Å². The minimum atomic E-state index is -0.406. The predicted molar refractivity (Wildman–Crippen MR) is 85.9 cm³/mol. The van der Waals surface area contributed by atoms with E-state index in [1.54, 1.807) is 12.1 Å².